The number of ether oxygens (including phenoxy) is 2. The number of fused-ring (bicyclic) bond motifs is 1. The summed E-state index contributed by atoms with van der Waals surface area (Å²) in [6, 6.07) is 7.34. The van der Waals surface area contributed by atoms with Crippen LogP contribution in [0.15, 0.2) is 40.0 Å². The fourth-order valence-corrected chi connectivity index (χ4v) is 4.83. The van der Waals surface area contributed by atoms with E-state index in [0.29, 0.717) is 11.1 Å². The average Bonchev–Trinajstić information content (AvgIpc) is 2.86. The number of aromatic nitrogens is 2. The lowest BCUT2D eigenvalue weighted by Crippen LogP contribution is -2.31. The minimum absolute atomic E-state index is 0.0247. The number of aliphatic hydroxyl groups is 1. The lowest BCUT2D eigenvalue weighted by molar-refractivity contribution is 0.0524. The topological polar surface area (TPSA) is 166 Å². The first-order valence-corrected chi connectivity index (χ1v) is 12.8. The molecule has 0 saturated carbocycles. The zero-order chi connectivity index (χ0) is 27.3. The number of hydrogen-bond donors (Lipinski definition) is 3. The molecule has 0 aliphatic heterocycles. The van der Waals surface area contributed by atoms with E-state index in [0.717, 1.165) is 4.57 Å². The summed E-state index contributed by atoms with van der Waals surface area (Å²) in [5, 5.41) is 11.3. The summed E-state index contributed by atoms with van der Waals surface area (Å²) in [6.45, 7) is 4.24. The van der Waals surface area contributed by atoms with Crippen LogP contribution in [0.25, 0.3) is 16.6 Å². The highest BCUT2D eigenvalue weighted by Crippen LogP contribution is 2.26. The number of amides is 1. The number of aryl methyl sites for hydroxylation is 2. The maximum absolute atomic E-state index is 14.0. The molecule has 12 nitrogen and oxygen atoms in total. The van der Waals surface area contributed by atoms with Crippen LogP contribution in [0.5, 0.6) is 0 Å². The minimum atomic E-state index is -4.01. The zero-order valence-corrected chi connectivity index (χ0v) is 21.6. The zero-order valence-electron chi connectivity index (χ0n) is 20.8. The van der Waals surface area contributed by atoms with E-state index in [1.165, 1.54) is 25.2 Å². The standard InChI is InChI=1S/C24H28N4O8S/c1-5-35-23(31)20-14(2)12-16-21(15(20)3)22(30)28(19(27-16)13-36-24(32)26-10-11-29)17-8-6-7-9-18(17)37(33,34)25-4/h6-9,12,25,29H,5,10-11,13H2,1-4H3,(H,26,32). The molecule has 1 amide bonds. The highest BCUT2D eigenvalue weighted by Gasteiger charge is 2.25. The van der Waals surface area contributed by atoms with Gasteiger partial charge in [-0.1, -0.05) is 12.1 Å². The molecule has 0 unspecified atom stereocenters. The Morgan fingerprint density at radius 2 is 1.86 bits per heavy atom. The smallest absolute Gasteiger partial charge is 0.407 e. The first-order valence-electron chi connectivity index (χ1n) is 11.3. The molecule has 1 heterocycles. The molecule has 0 spiro atoms. The number of nitrogens with zero attached hydrogens (tertiary/aromatic N) is 2. The van der Waals surface area contributed by atoms with Crippen LogP contribution in [0.2, 0.25) is 0 Å². The number of rotatable bonds is 9. The minimum Gasteiger partial charge on any atom is -0.462 e. The third kappa shape index (κ3) is 5.63. The Hall–Kier alpha value is -3.81. The Bertz CT molecular complexity index is 1520. The lowest BCUT2D eigenvalue weighted by Gasteiger charge is -2.19. The third-order valence-corrected chi connectivity index (χ3v) is 7.00. The van der Waals surface area contributed by atoms with E-state index >= 15 is 0 Å². The van der Waals surface area contributed by atoms with Gasteiger partial charge in [0.1, 0.15) is 4.90 Å². The van der Waals surface area contributed by atoms with Crippen molar-refractivity contribution in [3.8, 4) is 5.69 Å². The second-order valence-electron chi connectivity index (χ2n) is 7.88. The molecule has 0 saturated heterocycles. The van der Waals surface area contributed by atoms with Crippen molar-refractivity contribution in [2.24, 2.45) is 0 Å². The molecule has 13 heteroatoms. The normalized spacial score (nSPS) is 11.4. The van der Waals surface area contributed by atoms with E-state index in [1.807, 2.05) is 0 Å². The molecule has 3 rings (SSSR count). The van der Waals surface area contributed by atoms with Crippen molar-refractivity contribution < 1.29 is 32.6 Å². The van der Waals surface area contributed by atoms with Crippen LogP contribution in [-0.2, 0) is 26.1 Å². The number of sulfonamides is 1. The SMILES string of the molecule is CCOC(=O)c1c(C)cc2nc(COC(=O)NCCO)n(-c3ccccc3S(=O)(=O)NC)c(=O)c2c1C. The predicted molar refractivity (Wildman–Crippen MR) is 134 cm³/mol. The molecule has 2 aromatic carbocycles. The summed E-state index contributed by atoms with van der Waals surface area (Å²) in [6.07, 6.45) is -0.865. The Morgan fingerprint density at radius 3 is 2.51 bits per heavy atom. The van der Waals surface area contributed by atoms with Gasteiger partial charge in [-0.15, -0.1) is 0 Å². The van der Waals surface area contributed by atoms with Crippen LogP contribution >= 0.6 is 0 Å². The third-order valence-electron chi connectivity index (χ3n) is 5.54. The maximum Gasteiger partial charge on any atom is 0.407 e. The monoisotopic (exact) mass is 532 g/mol. The van der Waals surface area contributed by atoms with E-state index in [4.69, 9.17) is 14.6 Å². The van der Waals surface area contributed by atoms with E-state index in [2.05, 4.69) is 15.0 Å². The Kier molecular flexibility index (Phi) is 8.63. The molecule has 0 aliphatic carbocycles. The van der Waals surface area contributed by atoms with Crippen LogP contribution in [0.1, 0.15) is 34.2 Å². The second-order valence-corrected chi connectivity index (χ2v) is 9.73. The molecule has 0 radical (unpaired) electrons. The summed E-state index contributed by atoms with van der Waals surface area (Å²) in [5.41, 5.74) is 0.598. The van der Waals surface area contributed by atoms with E-state index in [-0.39, 0.29) is 52.6 Å². The van der Waals surface area contributed by atoms with Gasteiger partial charge in [-0.25, -0.2) is 27.7 Å². The molecule has 198 valence electrons. The molecule has 3 aromatic rings. The molecular formula is C24H28N4O8S. The number of nitrogens with one attached hydrogen (secondary N) is 2. The number of hydrogen-bond acceptors (Lipinski definition) is 9. The summed E-state index contributed by atoms with van der Waals surface area (Å²) in [5.74, 6) is -0.658. The highest BCUT2D eigenvalue weighted by atomic mass is 32.2. The molecule has 0 bridgehead atoms. The number of para-hydroxylation sites is 1. The second kappa shape index (κ2) is 11.5. The predicted octanol–water partition coefficient (Wildman–Crippen LogP) is 1.31. The van der Waals surface area contributed by atoms with Gasteiger partial charge >= 0.3 is 12.1 Å². The van der Waals surface area contributed by atoms with E-state index in [1.54, 1.807) is 32.9 Å². The van der Waals surface area contributed by atoms with Crippen LogP contribution < -0.4 is 15.6 Å². The fourth-order valence-electron chi connectivity index (χ4n) is 3.92. The first kappa shape index (κ1) is 27.8. The van der Waals surface area contributed by atoms with Gasteiger partial charge < -0.3 is 19.9 Å². The lowest BCUT2D eigenvalue weighted by atomic mass is 9.98. The number of alkyl carbamates (subject to hydrolysis) is 1. The molecule has 37 heavy (non-hydrogen) atoms. The summed E-state index contributed by atoms with van der Waals surface area (Å²) >= 11 is 0. The molecule has 0 fully saturated rings. The van der Waals surface area contributed by atoms with Gasteiger partial charge in [-0.3, -0.25) is 9.36 Å². The van der Waals surface area contributed by atoms with Gasteiger partial charge in [0.15, 0.2) is 12.4 Å². The highest BCUT2D eigenvalue weighted by molar-refractivity contribution is 7.89. The molecule has 0 atom stereocenters. The van der Waals surface area contributed by atoms with Crippen LogP contribution in [0.3, 0.4) is 0 Å². The van der Waals surface area contributed by atoms with Crippen LogP contribution in [-0.4, -0.2) is 61.9 Å². The van der Waals surface area contributed by atoms with E-state index in [9.17, 15) is 22.8 Å². The van der Waals surface area contributed by atoms with Crippen LogP contribution in [0, 0.1) is 13.8 Å². The van der Waals surface area contributed by atoms with Crippen molar-refractivity contribution in [3.63, 3.8) is 0 Å². The Balaban J connectivity index is 2.36. The number of benzene rings is 2. The van der Waals surface area contributed by atoms with Crippen molar-refractivity contribution in [1.82, 2.24) is 19.6 Å². The average molecular weight is 533 g/mol. The Morgan fingerprint density at radius 1 is 1.16 bits per heavy atom. The van der Waals surface area contributed by atoms with Crippen LogP contribution in [0.4, 0.5) is 4.79 Å². The largest absolute Gasteiger partial charge is 0.462 e. The maximum atomic E-state index is 14.0. The summed E-state index contributed by atoms with van der Waals surface area (Å²) < 4.78 is 39.1. The Labute approximate surface area is 213 Å². The van der Waals surface area contributed by atoms with Gasteiger partial charge in [-0.05, 0) is 57.1 Å². The summed E-state index contributed by atoms with van der Waals surface area (Å²) in [7, 11) is -2.77. The number of aliphatic hydroxyl groups excluding tert-OH is 1. The fraction of sp³-hybridized carbons (Fsp3) is 0.333. The number of carbonyl (C=O) groups excluding carboxylic acids is 2. The first-order chi connectivity index (χ1) is 17.6. The van der Waals surface area contributed by atoms with Crippen molar-refractivity contribution in [2.75, 3.05) is 26.8 Å². The molecule has 1 aromatic heterocycles. The van der Waals surface area contributed by atoms with Gasteiger partial charge in [0.25, 0.3) is 5.56 Å². The van der Waals surface area contributed by atoms with Crippen molar-refractivity contribution in [3.05, 3.63) is 63.2 Å². The van der Waals surface area contributed by atoms with Gasteiger partial charge in [0.05, 0.1) is 35.4 Å². The summed E-state index contributed by atoms with van der Waals surface area (Å²) in [4.78, 5) is 42.9. The van der Waals surface area contributed by atoms with E-state index < -0.39 is 34.3 Å². The van der Waals surface area contributed by atoms with Crippen molar-refractivity contribution in [1.29, 1.82) is 0 Å². The number of carbonyl (C=O) groups is 2. The van der Waals surface area contributed by atoms with Crippen molar-refractivity contribution >= 4 is 33.0 Å². The van der Waals surface area contributed by atoms with Gasteiger partial charge in [0.2, 0.25) is 10.0 Å². The molecule has 0 aliphatic rings. The van der Waals surface area contributed by atoms with Crippen molar-refractivity contribution in [2.45, 2.75) is 32.3 Å². The van der Waals surface area contributed by atoms with Gasteiger partial charge in [0, 0.05) is 6.54 Å². The molecule has 3 N–H and O–H groups in total. The molecular weight excluding hydrogens is 504 g/mol. The number of esters is 1. The quantitative estimate of drug-likeness (QED) is 0.344. The van der Waals surface area contributed by atoms with Gasteiger partial charge in [-0.2, -0.15) is 0 Å².